The van der Waals surface area contributed by atoms with E-state index in [1.807, 2.05) is 13.0 Å². The normalized spacial score (nSPS) is 11.7. The highest BCUT2D eigenvalue weighted by Gasteiger charge is 2.15. The van der Waals surface area contributed by atoms with Gasteiger partial charge in [-0.1, -0.05) is 17.7 Å². The van der Waals surface area contributed by atoms with Crippen molar-refractivity contribution in [1.29, 1.82) is 0 Å². The van der Waals surface area contributed by atoms with Crippen LogP contribution in [0.5, 0.6) is 0 Å². The quantitative estimate of drug-likeness (QED) is 0.793. The molecule has 1 aromatic rings. The molecule has 1 rings (SSSR count). The highest BCUT2D eigenvalue weighted by Crippen LogP contribution is 2.15. The fraction of sp³-hybridized carbons (Fsp3) is 0.400. The number of rotatable bonds is 4. The summed E-state index contributed by atoms with van der Waals surface area (Å²) in [5.41, 5.74) is 1.73. The number of aliphatic hydroxyl groups excluding tert-OH is 1. The van der Waals surface area contributed by atoms with Crippen molar-refractivity contribution in [2.75, 3.05) is 13.2 Å². The second-order valence-electron chi connectivity index (χ2n) is 3.39. The van der Waals surface area contributed by atoms with Crippen molar-refractivity contribution in [3.63, 3.8) is 0 Å². The molecule has 0 bridgehead atoms. The van der Waals surface area contributed by atoms with E-state index < -0.39 is 10.0 Å². The Morgan fingerprint density at radius 1 is 1.33 bits per heavy atom. The van der Waals surface area contributed by atoms with Crippen LogP contribution in [0.2, 0.25) is 0 Å². The Labute approximate surface area is 90.0 Å². The van der Waals surface area contributed by atoms with Crippen LogP contribution in [0.25, 0.3) is 0 Å². The van der Waals surface area contributed by atoms with Crippen LogP contribution >= 0.6 is 0 Å². The summed E-state index contributed by atoms with van der Waals surface area (Å²) in [6.07, 6.45) is 0. The summed E-state index contributed by atoms with van der Waals surface area (Å²) < 4.78 is 25.7. The fourth-order valence-corrected chi connectivity index (χ4v) is 2.60. The minimum Gasteiger partial charge on any atom is -0.395 e. The van der Waals surface area contributed by atoms with Crippen molar-refractivity contribution < 1.29 is 13.5 Å². The number of hydrogen-bond donors (Lipinski definition) is 2. The van der Waals surface area contributed by atoms with Gasteiger partial charge < -0.3 is 5.11 Å². The number of aliphatic hydroxyl groups is 1. The first kappa shape index (κ1) is 12.2. The van der Waals surface area contributed by atoms with E-state index in [0.29, 0.717) is 5.56 Å². The first-order valence-corrected chi connectivity index (χ1v) is 6.13. The zero-order valence-electron chi connectivity index (χ0n) is 8.82. The van der Waals surface area contributed by atoms with Gasteiger partial charge in [0, 0.05) is 6.54 Å². The standard InChI is InChI=1S/C10H15NO3S/c1-8-3-4-10(9(2)7-8)15(13,14)11-5-6-12/h3-4,7,11-12H,5-6H2,1-2H3. The minimum absolute atomic E-state index is 0.0374. The van der Waals surface area contributed by atoms with Gasteiger partial charge in [0.1, 0.15) is 0 Å². The summed E-state index contributed by atoms with van der Waals surface area (Å²) in [4.78, 5) is 0.265. The molecule has 0 fully saturated rings. The molecule has 0 amide bonds. The van der Waals surface area contributed by atoms with Crippen LogP contribution in [0.3, 0.4) is 0 Å². The third-order valence-electron chi connectivity index (χ3n) is 2.02. The number of aryl methyl sites for hydroxylation is 2. The first-order chi connectivity index (χ1) is 6.97. The van der Waals surface area contributed by atoms with Gasteiger partial charge in [-0.3, -0.25) is 0 Å². The van der Waals surface area contributed by atoms with E-state index in [4.69, 9.17) is 5.11 Å². The van der Waals surface area contributed by atoms with Gasteiger partial charge in [0.2, 0.25) is 10.0 Å². The summed E-state index contributed by atoms with van der Waals surface area (Å²) in [7, 11) is -3.48. The van der Waals surface area contributed by atoms with Crippen molar-refractivity contribution >= 4 is 10.0 Å². The Balaban J connectivity index is 3.05. The second-order valence-corrected chi connectivity index (χ2v) is 5.13. The summed E-state index contributed by atoms with van der Waals surface area (Å²) in [6, 6.07) is 5.14. The van der Waals surface area contributed by atoms with E-state index in [9.17, 15) is 8.42 Å². The Bertz CT molecular complexity index is 440. The third-order valence-corrected chi connectivity index (χ3v) is 3.65. The van der Waals surface area contributed by atoms with Crippen molar-refractivity contribution in [2.24, 2.45) is 0 Å². The highest BCUT2D eigenvalue weighted by atomic mass is 32.2. The minimum atomic E-state index is -3.48. The monoisotopic (exact) mass is 229 g/mol. The van der Waals surface area contributed by atoms with E-state index in [1.165, 1.54) is 0 Å². The Morgan fingerprint density at radius 2 is 2.00 bits per heavy atom. The molecule has 0 aliphatic carbocycles. The highest BCUT2D eigenvalue weighted by molar-refractivity contribution is 7.89. The zero-order chi connectivity index (χ0) is 11.5. The third kappa shape index (κ3) is 3.02. The summed E-state index contributed by atoms with van der Waals surface area (Å²) in [6.45, 7) is 3.49. The molecule has 15 heavy (non-hydrogen) atoms. The molecule has 0 spiro atoms. The van der Waals surface area contributed by atoms with Crippen molar-refractivity contribution in [1.82, 2.24) is 4.72 Å². The number of sulfonamides is 1. The van der Waals surface area contributed by atoms with E-state index in [1.54, 1.807) is 19.1 Å². The molecule has 0 radical (unpaired) electrons. The number of benzene rings is 1. The van der Waals surface area contributed by atoms with Gasteiger partial charge in [0.15, 0.2) is 0 Å². The molecular formula is C10H15NO3S. The zero-order valence-corrected chi connectivity index (χ0v) is 9.63. The maximum absolute atomic E-state index is 11.7. The molecule has 0 unspecified atom stereocenters. The van der Waals surface area contributed by atoms with E-state index in [0.717, 1.165) is 5.56 Å². The van der Waals surface area contributed by atoms with Crippen LogP contribution in [0.4, 0.5) is 0 Å². The summed E-state index contributed by atoms with van der Waals surface area (Å²) in [5.74, 6) is 0. The Morgan fingerprint density at radius 3 is 2.53 bits per heavy atom. The topological polar surface area (TPSA) is 66.4 Å². The molecule has 0 atom stereocenters. The van der Waals surface area contributed by atoms with Crippen LogP contribution in [0.1, 0.15) is 11.1 Å². The largest absolute Gasteiger partial charge is 0.395 e. The molecule has 4 nitrogen and oxygen atoms in total. The van der Waals surface area contributed by atoms with Crippen molar-refractivity contribution in [3.05, 3.63) is 29.3 Å². The molecule has 1 aromatic carbocycles. The van der Waals surface area contributed by atoms with Gasteiger partial charge in [-0.25, -0.2) is 13.1 Å². The predicted molar refractivity (Wildman–Crippen MR) is 58.2 cm³/mol. The second kappa shape index (κ2) is 4.74. The van der Waals surface area contributed by atoms with Crippen LogP contribution in [-0.4, -0.2) is 26.7 Å². The van der Waals surface area contributed by atoms with Gasteiger partial charge in [0.25, 0.3) is 0 Å². The lowest BCUT2D eigenvalue weighted by atomic mass is 10.2. The van der Waals surface area contributed by atoms with Crippen LogP contribution < -0.4 is 4.72 Å². The van der Waals surface area contributed by atoms with Gasteiger partial charge in [-0.2, -0.15) is 0 Å². The smallest absolute Gasteiger partial charge is 0.240 e. The van der Waals surface area contributed by atoms with E-state index >= 15 is 0 Å². The van der Waals surface area contributed by atoms with Crippen molar-refractivity contribution in [2.45, 2.75) is 18.7 Å². The summed E-state index contributed by atoms with van der Waals surface area (Å²) in [5, 5.41) is 8.56. The maximum atomic E-state index is 11.7. The van der Waals surface area contributed by atoms with Gasteiger partial charge >= 0.3 is 0 Å². The molecule has 0 saturated heterocycles. The van der Waals surface area contributed by atoms with Crippen LogP contribution in [-0.2, 0) is 10.0 Å². The van der Waals surface area contributed by atoms with Gasteiger partial charge in [-0.15, -0.1) is 0 Å². The average Bonchev–Trinajstić information content (AvgIpc) is 2.14. The number of hydrogen-bond acceptors (Lipinski definition) is 3. The first-order valence-electron chi connectivity index (χ1n) is 4.65. The Kier molecular flexibility index (Phi) is 3.84. The van der Waals surface area contributed by atoms with Crippen molar-refractivity contribution in [3.8, 4) is 0 Å². The van der Waals surface area contributed by atoms with E-state index in [-0.39, 0.29) is 18.0 Å². The predicted octanol–water partition coefficient (Wildman–Crippen LogP) is 0.574. The molecule has 5 heteroatoms. The molecule has 2 N–H and O–H groups in total. The molecule has 0 heterocycles. The molecule has 0 saturated carbocycles. The lowest BCUT2D eigenvalue weighted by Gasteiger charge is -2.08. The molecule has 84 valence electrons. The molecule has 0 aliphatic rings. The van der Waals surface area contributed by atoms with E-state index in [2.05, 4.69) is 4.72 Å². The Hall–Kier alpha value is -0.910. The SMILES string of the molecule is Cc1ccc(S(=O)(=O)NCCO)c(C)c1. The fourth-order valence-electron chi connectivity index (χ4n) is 1.36. The maximum Gasteiger partial charge on any atom is 0.240 e. The van der Waals surface area contributed by atoms with Crippen LogP contribution in [0, 0.1) is 13.8 Å². The molecular weight excluding hydrogens is 214 g/mol. The van der Waals surface area contributed by atoms with Gasteiger partial charge in [-0.05, 0) is 25.5 Å². The molecule has 0 aromatic heterocycles. The molecule has 0 aliphatic heterocycles. The number of nitrogens with one attached hydrogen (secondary N) is 1. The van der Waals surface area contributed by atoms with Crippen LogP contribution in [0.15, 0.2) is 23.1 Å². The lowest BCUT2D eigenvalue weighted by molar-refractivity contribution is 0.301. The average molecular weight is 229 g/mol. The van der Waals surface area contributed by atoms with Gasteiger partial charge in [0.05, 0.1) is 11.5 Å². The summed E-state index contributed by atoms with van der Waals surface area (Å²) >= 11 is 0. The lowest BCUT2D eigenvalue weighted by Crippen LogP contribution is -2.27.